The minimum atomic E-state index is -3.63. The van der Waals surface area contributed by atoms with Crippen molar-refractivity contribution >= 4 is 56.4 Å². The smallest absolute Gasteiger partial charge is 0.190 e. The standard InChI is InChI=1S/C8H4Cl3NO2S2/c9-5-1-7(11)8(2-6(5)10)16(13,14)4-15-3-12/h1-2H,4H2. The third-order valence-electron chi connectivity index (χ3n) is 1.59. The molecule has 0 unspecified atom stereocenters. The molecule has 0 heterocycles. The molecule has 0 aliphatic heterocycles. The molecule has 0 fully saturated rings. The maximum atomic E-state index is 11.7. The van der Waals surface area contributed by atoms with Crippen molar-refractivity contribution < 1.29 is 8.42 Å². The van der Waals surface area contributed by atoms with Crippen molar-refractivity contribution in [2.75, 3.05) is 5.08 Å². The first kappa shape index (κ1) is 13.9. The van der Waals surface area contributed by atoms with Crippen LogP contribution < -0.4 is 0 Å². The van der Waals surface area contributed by atoms with Gasteiger partial charge in [0.05, 0.1) is 20.0 Å². The molecule has 0 saturated carbocycles. The van der Waals surface area contributed by atoms with Crippen LogP contribution >= 0.6 is 46.6 Å². The van der Waals surface area contributed by atoms with Gasteiger partial charge in [0, 0.05) is 0 Å². The van der Waals surface area contributed by atoms with Crippen LogP contribution in [0, 0.1) is 10.7 Å². The van der Waals surface area contributed by atoms with Gasteiger partial charge in [0.25, 0.3) is 0 Å². The maximum absolute atomic E-state index is 11.7. The Morgan fingerprint density at radius 1 is 1.19 bits per heavy atom. The second kappa shape index (κ2) is 5.48. The molecule has 0 bridgehead atoms. The van der Waals surface area contributed by atoms with Gasteiger partial charge < -0.3 is 0 Å². The van der Waals surface area contributed by atoms with Gasteiger partial charge >= 0.3 is 0 Å². The van der Waals surface area contributed by atoms with Crippen LogP contribution in [0.1, 0.15) is 0 Å². The topological polar surface area (TPSA) is 57.9 Å². The van der Waals surface area contributed by atoms with Gasteiger partial charge in [0.2, 0.25) is 0 Å². The molecule has 86 valence electrons. The summed E-state index contributed by atoms with van der Waals surface area (Å²) in [4.78, 5) is -0.119. The highest BCUT2D eigenvalue weighted by atomic mass is 35.5. The fraction of sp³-hybridized carbons (Fsp3) is 0.125. The zero-order valence-electron chi connectivity index (χ0n) is 7.58. The van der Waals surface area contributed by atoms with Crippen LogP contribution in [0.25, 0.3) is 0 Å². The number of halogens is 3. The molecule has 0 radical (unpaired) electrons. The van der Waals surface area contributed by atoms with E-state index in [1.165, 1.54) is 12.1 Å². The second-order valence-corrected chi connectivity index (χ2v) is 6.97. The predicted octanol–water partition coefficient (Wildman–Crippen LogP) is 3.59. The van der Waals surface area contributed by atoms with E-state index in [2.05, 4.69) is 0 Å². The molecule has 0 spiro atoms. The van der Waals surface area contributed by atoms with Crippen molar-refractivity contribution in [2.24, 2.45) is 0 Å². The molecule has 1 aromatic rings. The van der Waals surface area contributed by atoms with Gasteiger partial charge in [0.15, 0.2) is 9.84 Å². The summed E-state index contributed by atoms with van der Waals surface area (Å²) in [6.07, 6.45) is 0. The van der Waals surface area contributed by atoms with E-state index in [0.29, 0.717) is 11.8 Å². The monoisotopic (exact) mass is 315 g/mol. The van der Waals surface area contributed by atoms with Crippen LogP contribution in [-0.2, 0) is 9.84 Å². The molecule has 1 aromatic carbocycles. The van der Waals surface area contributed by atoms with Crippen molar-refractivity contribution in [3.63, 3.8) is 0 Å². The summed E-state index contributed by atoms with van der Waals surface area (Å²) in [7, 11) is -3.63. The number of hydrogen-bond donors (Lipinski definition) is 0. The van der Waals surface area contributed by atoms with Crippen LogP contribution in [0.5, 0.6) is 0 Å². The molecular formula is C8H4Cl3NO2S2. The molecule has 0 aliphatic carbocycles. The van der Waals surface area contributed by atoms with E-state index in [4.69, 9.17) is 40.1 Å². The van der Waals surface area contributed by atoms with Gasteiger partial charge in [0.1, 0.15) is 10.5 Å². The van der Waals surface area contributed by atoms with Gasteiger partial charge in [-0.05, 0) is 23.9 Å². The lowest BCUT2D eigenvalue weighted by Crippen LogP contribution is -2.04. The lowest BCUT2D eigenvalue weighted by Gasteiger charge is -2.06. The maximum Gasteiger partial charge on any atom is 0.190 e. The van der Waals surface area contributed by atoms with E-state index in [0.717, 1.165) is 0 Å². The van der Waals surface area contributed by atoms with E-state index in [-0.39, 0.29) is 25.0 Å². The molecule has 0 atom stereocenters. The van der Waals surface area contributed by atoms with Crippen LogP contribution in [-0.4, -0.2) is 13.5 Å². The van der Waals surface area contributed by atoms with Crippen molar-refractivity contribution in [1.82, 2.24) is 0 Å². The highest BCUT2D eigenvalue weighted by Gasteiger charge is 2.20. The molecule has 0 amide bonds. The Kier molecular flexibility index (Phi) is 4.77. The van der Waals surface area contributed by atoms with E-state index in [1.54, 1.807) is 5.40 Å². The van der Waals surface area contributed by atoms with Crippen molar-refractivity contribution in [1.29, 1.82) is 5.26 Å². The molecular weight excluding hydrogens is 313 g/mol. The normalized spacial score (nSPS) is 11.1. The quantitative estimate of drug-likeness (QED) is 0.631. The van der Waals surface area contributed by atoms with Gasteiger partial charge in [-0.15, -0.1) is 0 Å². The summed E-state index contributed by atoms with van der Waals surface area (Å²) in [6, 6.07) is 2.44. The Labute approximate surface area is 112 Å². The third-order valence-corrected chi connectivity index (χ3v) is 5.59. The minimum Gasteiger partial charge on any atom is -0.223 e. The minimum absolute atomic E-state index is 0.00654. The zero-order chi connectivity index (χ0) is 12.3. The molecule has 0 saturated heterocycles. The number of rotatable bonds is 3. The van der Waals surface area contributed by atoms with E-state index < -0.39 is 9.84 Å². The first-order valence-electron chi connectivity index (χ1n) is 3.76. The molecule has 8 heteroatoms. The summed E-state index contributed by atoms with van der Waals surface area (Å²) in [6.45, 7) is 0. The molecule has 0 aromatic heterocycles. The SMILES string of the molecule is N#CSCS(=O)(=O)c1cc(Cl)c(Cl)cc1Cl. The molecule has 0 aliphatic rings. The number of hydrogen-bond acceptors (Lipinski definition) is 4. The first-order chi connectivity index (χ1) is 7.38. The van der Waals surface area contributed by atoms with Gasteiger partial charge in [-0.3, -0.25) is 0 Å². The summed E-state index contributed by atoms with van der Waals surface area (Å²) >= 11 is 17.7. The molecule has 16 heavy (non-hydrogen) atoms. The number of benzene rings is 1. The summed E-state index contributed by atoms with van der Waals surface area (Å²) < 4.78 is 23.4. The van der Waals surface area contributed by atoms with Crippen LogP contribution in [0.3, 0.4) is 0 Å². The Balaban J connectivity index is 3.24. The Morgan fingerprint density at radius 3 is 2.31 bits per heavy atom. The fourth-order valence-electron chi connectivity index (χ4n) is 0.910. The average Bonchev–Trinajstić information content (AvgIpc) is 2.20. The molecule has 0 N–H and O–H groups in total. The largest absolute Gasteiger partial charge is 0.223 e. The number of nitrogens with zero attached hydrogens (tertiary/aromatic N) is 1. The van der Waals surface area contributed by atoms with Crippen molar-refractivity contribution in [3.05, 3.63) is 27.2 Å². The summed E-state index contributed by atoms with van der Waals surface area (Å²) in [5.74, 6) is 0. The highest BCUT2D eigenvalue weighted by Crippen LogP contribution is 2.32. The van der Waals surface area contributed by atoms with Gasteiger partial charge in [-0.2, -0.15) is 5.26 Å². The highest BCUT2D eigenvalue weighted by molar-refractivity contribution is 8.15. The third kappa shape index (κ3) is 3.19. The van der Waals surface area contributed by atoms with E-state index in [1.807, 2.05) is 0 Å². The van der Waals surface area contributed by atoms with Crippen molar-refractivity contribution in [2.45, 2.75) is 4.90 Å². The average molecular weight is 317 g/mol. The summed E-state index contributed by atoms with van der Waals surface area (Å²) in [5, 5.41) is 9.89. The first-order valence-corrected chi connectivity index (χ1v) is 7.54. The zero-order valence-corrected chi connectivity index (χ0v) is 11.5. The molecule has 1 rings (SSSR count). The number of thioether (sulfide) groups is 1. The van der Waals surface area contributed by atoms with Crippen LogP contribution in [0.2, 0.25) is 15.1 Å². The van der Waals surface area contributed by atoms with E-state index in [9.17, 15) is 8.42 Å². The fourth-order valence-corrected chi connectivity index (χ4v) is 3.87. The van der Waals surface area contributed by atoms with Crippen LogP contribution in [0.15, 0.2) is 17.0 Å². The van der Waals surface area contributed by atoms with Gasteiger partial charge in [-0.1, -0.05) is 34.8 Å². The predicted molar refractivity (Wildman–Crippen MR) is 66.7 cm³/mol. The Bertz CT molecular complexity index is 551. The van der Waals surface area contributed by atoms with Crippen molar-refractivity contribution in [3.8, 4) is 5.40 Å². The summed E-state index contributed by atoms with van der Waals surface area (Å²) in [5.41, 5.74) is 0. The Hall–Kier alpha value is -0.120. The second-order valence-electron chi connectivity index (χ2n) is 2.66. The molecule has 3 nitrogen and oxygen atoms in total. The van der Waals surface area contributed by atoms with Gasteiger partial charge in [-0.25, -0.2) is 8.42 Å². The lowest BCUT2D eigenvalue weighted by molar-refractivity contribution is 0.601. The van der Waals surface area contributed by atoms with E-state index >= 15 is 0 Å². The Morgan fingerprint density at radius 2 is 1.75 bits per heavy atom. The van der Waals surface area contributed by atoms with Crippen LogP contribution in [0.4, 0.5) is 0 Å². The number of nitriles is 1. The number of sulfone groups is 1. The lowest BCUT2D eigenvalue weighted by atomic mass is 10.4. The number of thiocyanates is 1.